The third kappa shape index (κ3) is 0.701. The van der Waals surface area contributed by atoms with Crippen LogP contribution in [0.3, 0.4) is 0 Å². The van der Waals surface area contributed by atoms with E-state index in [0.717, 1.165) is 12.8 Å². The summed E-state index contributed by atoms with van der Waals surface area (Å²) in [7, 11) is 0. The Morgan fingerprint density at radius 2 is 2.20 bits per heavy atom. The molecule has 0 fully saturated rings. The number of rotatable bonds is 0. The lowest BCUT2D eigenvalue weighted by molar-refractivity contribution is 0.643. The minimum absolute atomic E-state index is 1.10. The van der Waals surface area contributed by atoms with Crippen molar-refractivity contribution in [3.05, 3.63) is 17.5 Å². The summed E-state index contributed by atoms with van der Waals surface area (Å²) in [5, 5.41) is 3.99. The van der Waals surface area contributed by atoms with Gasteiger partial charge in [-0.15, -0.1) is 0 Å². The lowest BCUT2D eigenvalue weighted by Gasteiger charge is -2.10. The molecule has 3 nitrogen and oxygen atoms in total. The Bertz CT molecular complexity index is 239. The molecule has 0 radical (unpaired) electrons. The first-order valence-electron chi connectivity index (χ1n) is 3.69. The van der Waals surface area contributed by atoms with Crippen LogP contribution < -0.4 is 5.84 Å². The summed E-state index contributed by atoms with van der Waals surface area (Å²) in [5.74, 6) is 5.57. The van der Waals surface area contributed by atoms with Crippen molar-refractivity contribution in [3.63, 3.8) is 0 Å². The van der Waals surface area contributed by atoms with E-state index < -0.39 is 0 Å². The van der Waals surface area contributed by atoms with E-state index in [-0.39, 0.29) is 0 Å². The van der Waals surface area contributed by atoms with Gasteiger partial charge in [-0.1, -0.05) is 0 Å². The molecular formula is C7H11N3. The molecule has 0 bridgehead atoms. The fourth-order valence-corrected chi connectivity index (χ4v) is 1.52. The molecule has 54 valence electrons. The number of nitrogens with zero attached hydrogens (tertiary/aromatic N) is 2. The van der Waals surface area contributed by atoms with E-state index in [2.05, 4.69) is 5.10 Å². The Hall–Kier alpha value is -0.990. The minimum Gasteiger partial charge on any atom is -0.323 e. The Balaban J connectivity index is 2.45. The number of aromatic nitrogens is 2. The zero-order valence-electron chi connectivity index (χ0n) is 5.88. The Labute approximate surface area is 59.8 Å². The van der Waals surface area contributed by atoms with Gasteiger partial charge in [-0.2, -0.15) is 9.89 Å². The van der Waals surface area contributed by atoms with Crippen LogP contribution in [0, 0.1) is 0 Å². The zero-order valence-corrected chi connectivity index (χ0v) is 5.88. The summed E-state index contributed by atoms with van der Waals surface area (Å²) in [6.07, 6.45) is 6.70. The average Bonchev–Trinajstić information content (AvgIpc) is 2.34. The number of nitrogen functional groups attached to an aromatic ring is 1. The van der Waals surface area contributed by atoms with Crippen molar-refractivity contribution in [1.29, 1.82) is 0 Å². The van der Waals surface area contributed by atoms with Crippen LogP contribution in [0.1, 0.15) is 24.1 Å². The van der Waals surface area contributed by atoms with Gasteiger partial charge < -0.3 is 5.84 Å². The monoisotopic (exact) mass is 137 g/mol. The Kier molecular flexibility index (Phi) is 1.16. The molecule has 10 heavy (non-hydrogen) atoms. The molecule has 3 heteroatoms. The second-order valence-corrected chi connectivity index (χ2v) is 2.77. The van der Waals surface area contributed by atoms with E-state index in [9.17, 15) is 0 Å². The van der Waals surface area contributed by atoms with Gasteiger partial charge in [0, 0.05) is 0 Å². The maximum Gasteiger partial charge on any atom is 0.0649 e. The topological polar surface area (TPSA) is 43.8 Å². The fraction of sp³-hybridized carbons (Fsp3) is 0.571. The van der Waals surface area contributed by atoms with Crippen molar-refractivity contribution in [1.82, 2.24) is 9.89 Å². The molecule has 0 unspecified atom stereocenters. The van der Waals surface area contributed by atoms with Crippen LogP contribution in [0.4, 0.5) is 0 Å². The van der Waals surface area contributed by atoms with Crippen LogP contribution in [-0.4, -0.2) is 9.89 Å². The van der Waals surface area contributed by atoms with E-state index in [1.807, 2.05) is 6.20 Å². The summed E-state index contributed by atoms with van der Waals surface area (Å²) in [6, 6.07) is 0. The van der Waals surface area contributed by atoms with Gasteiger partial charge in [-0.05, 0) is 31.2 Å². The SMILES string of the molecule is Nn1ncc2c1CCCC2. The van der Waals surface area contributed by atoms with Gasteiger partial charge in [0.1, 0.15) is 0 Å². The molecule has 1 heterocycles. The van der Waals surface area contributed by atoms with E-state index >= 15 is 0 Å². The standard InChI is InChI=1S/C7H11N3/c8-10-7-4-2-1-3-6(7)5-9-10/h5H,1-4,8H2. The lowest BCUT2D eigenvalue weighted by atomic mass is 9.99. The fourth-order valence-electron chi connectivity index (χ4n) is 1.52. The quantitative estimate of drug-likeness (QED) is 0.528. The van der Waals surface area contributed by atoms with Crippen LogP contribution in [0.5, 0.6) is 0 Å². The average molecular weight is 137 g/mol. The van der Waals surface area contributed by atoms with Gasteiger partial charge in [0.25, 0.3) is 0 Å². The van der Waals surface area contributed by atoms with Crippen molar-refractivity contribution in [3.8, 4) is 0 Å². The molecule has 0 saturated carbocycles. The smallest absolute Gasteiger partial charge is 0.0649 e. The molecular weight excluding hydrogens is 126 g/mol. The molecule has 0 saturated heterocycles. The highest BCUT2D eigenvalue weighted by Crippen LogP contribution is 2.18. The first-order valence-corrected chi connectivity index (χ1v) is 3.69. The molecule has 2 N–H and O–H groups in total. The van der Waals surface area contributed by atoms with E-state index in [4.69, 9.17) is 5.84 Å². The molecule has 1 aliphatic carbocycles. The third-order valence-corrected chi connectivity index (χ3v) is 2.09. The van der Waals surface area contributed by atoms with Gasteiger partial charge in [-0.3, -0.25) is 0 Å². The summed E-state index contributed by atoms with van der Waals surface area (Å²) >= 11 is 0. The Morgan fingerprint density at radius 3 is 3.00 bits per heavy atom. The van der Waals surface area contributed by atoms with Gasteiger partial charge in [0.05, 0.1) is 11.9 Å². The zero-order chi connectivity index (χ0) is 6.97. The summed E-state index contributed by atoms with van der Waals surface area (Å²) in [4.78, 5) is 1.51. The van der Waals surface area contributed by atoms with Gasteiger partial charge >= 0.3 is 0 Å². The van der Waals surface area contributed by atoms with Gasteiger partial charge in [0.2, 0.25) is 0 Å². The Morgan fingerprint density at radius 1 is 1.40 bits per heavy atom. The number of fused-ring (bicyclic) bond motifs is 1. The van der Waals surface area contributed by atoms with Crippen LogP contribution >= 0.6 is 0 Å². The molecule has 2 rings (SSSR count). The number of nitrogens with two attached hydrogens (primary N) is 1. The molecule has 1 aromatic heterocycles. The van der Waals surface area contributed by atoms with Crippen LogP contribution in [-0.2, 0) is 12.8 Å². The first-order chi connectivity index (χ1) is 4.88. The second kappa shape index (κ2) is 2.01. The van der Waals surface area contributed by atoms with Crippen molar-refractivity contribution in [2.24, 2.45) is 0 Å². The normalized spacial score (nSPS) is 16.8. The van der Waals surface area contributed by atoms with E-state index in [1.54, 1.807) is 0 Å². The predicted molar refractivity (Wildman–Crippen MR) is 39.0 cm³/mol. The summed E-state index contributed by atoms with van der Waals surface area (Å²) in [5.41, 5.74) is 2.57. The molecule has 0 spiro atoms. The highest BCUT2D eigenvalue weighted by atomic mass is 15.5. The van der Waals surface area contributed by atoms with Crippen molar-refractivity contribution in [2.75, 3.05) is 5.84 Å². The lowest BCUT2D eigenvalue weighted by Crippen LogP contribution is -2.16. The highest BCUT2D eigenvalue weighted by molar-refractivity contribution is 5.20. The van der Waals surface area contributed by atoms with Gasteiger partial charge in [0.15, 0.2) is 0 Å². The van der Waals surface area contributed by atoms with Crippen molar-refractivity contribution < 1.29 is 0 Å². The minimum atomic E-state index is 1.10. The van der Waals surface area contributed by atoms with E-state index in [1.165, 1.54) is 28.9 Å². The predicted octanol–water partition coefficient (Wildman–Crippen LogP) is 0.476. The highest BCUT2D eigenvalue weighted by Gasteiger charge is 2.12. The van der Waals surface area contributed by atoms with Crippen molar-refractivity contribution >= 4 is 0 Å². The third-order valence-electron chi connectivity index (χ3n) is 2.09. The molecule has 1 aliphatic rings. The second-order valence-electron chi connectivity index (χ2n) is 2.77. The summed E-state index contributed by atoms with van der Waals surface area (Å²) in [6.45, 7) is 0. The molecule has 0 aromatic carbocycles. The maximum atomic E-state index is 5.57. The summed E-state index contributed by atoms with van der Waals surface area (Å²) < 4.78 is 0. The van der Waals surface area contributed by atoms with Crippen LogP contribution in [0.25, 0.3) is 0 Å². The number of aryl methyl sites for hydroxylation is 1. The number of hydrogen-bond acceptors (Lipinski definition) is 2. The molecule has 1 aromatic rings. The van der Waals surface area contributed by atoms with Crippen molar-refractivity contribution in [2.45, 2.75) is 25.7 Å². The molecule has 0 aliphatic heterocycles. The molecule has 0 atom stereocenters. The number of hydrogen-bond donors (Lipinski definition) is 1. The maximum absolute atomic E-state index is 5.57. The van der Waals surface area contributed by atoms with E-state index in [0.29, 0.717) is 0 Å². The van der Waals surface area contributed by atoms with Gasteiger partial charge in [-0.25, -0.2) is 0 Å². The molecule has 0 amide bonds. The largest absolute Gasteiger partial charge is 0.323 e. The first kappa shape index (κ1) is 5.77. The van der Waals surface area contributed by atoms with Crippen LogP contribution in [0.2, 0.25) is 0 Å². The van der Waals surface area contributed by atoms with Crippen LogP contribution in [0.15, 0.2) is 6.20 Å².